The molecular weight excluding hydrogens is 336 g/mol. The zero-order chi connectivity index (χ0) is 18.1. The highest BCUT2D eigenvalue weighted by atomic mass is 16.5. The van der Waals surface area contributed by atoms with E-state index in [4.69, 9.17) is 9.47 Å². The van der Waals surface area contributed by atoms with Gasteiger partial charge >= 0.3 is 5.97 Å². The van der Waals surface area contributed by atoms with Gasteiger partial charge in [0.15, 0.2) is 11.4 Å². The molecule has 8 heteroatoms. The third kappa shape index (κ3) is 2.84. The molecule has 1 saturated heterocycles. The van der Waals surface area contributed by atoms with Crippen molar-refractivity contribution in [3.63, 3.8) is 0 Å². The number of aromatic carboxylic acids is 1. The van der Waals surface area contributed by atoms with Crippen molar-refractivity contribution in [3.05, 3.63) is 36.0 Å². The third-order valence-corrected chi connectivity index (χ3v) is 4.33. The highest BCUT2D eigenvalue weighted by Gasteiger charge is 2.26. The number of H-pyrrole nitrogens is 1. The molecule has 0 spiro atoms. The molecular formula is C18H18N4O4. The number of nitrogens with one attached hydrogen (secondary N) is 2. The molecule has 26 heavy (non-hydrogen) atoms. The first-order valence-electron chi connectivity index (χ1n) is 8.31. The minimum absolute atomic E-state index is 0.0508. The number of aromatic nitrogens is 3. The summed E-state index contributed by atoms with van der Waals surface area (Å²) >= 11 is 0. The van der Waals surface area contributed by atoms with Crippen LogP contribution in [0.2, 0.25) is 0 Å². The Balaban J connectivity index is 1.87. The van der Waals surface area contributed by atoms with Crippen molar-refractivity contribution >= 4 is 22.7 Å². The van der Waals surface area contributed by atoms with Gasteiger partial charge in [0, 0.05) is 36.1 Å². The highest BCUT2D eigenvalue weighted by Crippen LogP contribution is 2.32. The lowest BCUT2D eigenvalue weighted by Gasteiger charge is -2.16. The first-order chi connectivity index (χ1) is 12.7. The fourth-order valence-corrected chi connectivity index (χ4v) is 3.06. The Morgan fingerprint density at radius 3 is 3.00 bits per heavy atom. The van der Waals surface area contributed by atoms with Crippen LogP contribution < -0.4 is 10.1 Å². The van der Waals surface area contributed by atoms with Gasteiger partial charge in [-0.15, -0.1) is 0 Å². The van der Waals surface area contributed by atoms with Crippen LogP contribution in [0.3, 0.4) is 0 Å². The van der Waals surface area contributed by atoms with E-state index in [0.29, 0.717) is 25.5 Å². The highest BCUT2D eigenvalue weighted by molar-refractivity contribution is 5.97. The molecule has 8 nitrogen and oxygen atoms in total. The summed E-state index contributed by atoms with van der Waals surface area (Å²) in [5, 5.41) is 13.4. The standard InChI is InChI=1S/C18H18N4O4/c1-19-16-14(18(23)24)17(26-10-6-8-25-9-10)22-15(21-16)12-3-2-4-13-11(12)5-7-20-13/h2-5,7,10,20H,6,8-9H2,1H3,(H,23,24)(H,19,21,22)/t10-/m0/s1. The van der Waals surface area contributed by atoms with Gasteiger partial charge in [0.05, 0.1) is 13.2 Å². The van der Waals surface area contributed by atoms with Gasteiger partial charge in [-0.1, -0.05) is 12.1 Å². The van der Waals surface area contributed by atoms with Crippen LogP contribution in [0.15, 0.2) is 30.5 Å². The maximum Gasteiger partial charge on any atom is 0.345 e. The molecule has 3 aromatic rings. The number of carboxylic acids is 1. The van der Waals surface area contributed by atoms with Crippen LogP contribution in [0.25, 0.3) is 22.3 Å². The molecule has 1 aromatic carbocycles. The second kappa shape index (κ2) is 6.64. The lowest BCUT2D eigenvalue weighted by atomic mass is 10.1. The molecule has 0 bridgehead atoms. The number of carbonyl (C=O) groups is 1. The summed E-state index contributed by atoms with van der Waals surface area (Å²) in [5.41, 5.74) is 1.67. The summed E-state index contributed by atoms with van der Waals surface area (Å²) in [6.07, 6.45) is 2.32. The quantitative estimate of drug-likeness (QED) is 0.646. The topological polar surface area (TPSA) is 109 Å². The minimum Gasteiger partial charge on any atom is -0.477 e. The number of fused-ring (bicyclic) bond motifs is 1. The minimum atomic E-state index is -1.14. The van der Waals surface area contributed by atoms with Crippen molar-refractivity contribution < 1.29 is 19.4 Å². The van der Waals surface area contributed by atoms with E-state index < -0.39 is 5.97 Å². The molecule has 0 saturated carbocycles. The number of ether oxygens (including phenoxy) is 2. The fraction of sp³-hybridized carbons (Fsp3) is 0.278. The second-order valence-corrected chi connectivity index (χ2v) is 5.98. The van der Waals surface area contributed by atoms with E-state index in [2.05, 4.69) is 20.3 Å². The number of rotatable bonds is 5. The molecule has 1 aliphatic rings. The Morgan fingerprint density at radius 2 is 2.27 bits per heavy atom. The normalized spacial score (nSPS) is 16.7. The molecule has 1 fully saturated rings. The van der Waals surface area contributed by atoms with Crippen LogP contribution in [0.5, 0.6) is 5.88 Å². The molecule has 1 atom stereocenters. The Labute approximate surface area is 149 Å². The molecule has 0 unspecified atom stereocenters. The predicted octanol–water partition coefficient (Wildman–Crippen LogP) is 2.53. The predicted molar refractivity (Wildman–Crippen MR) is 95.7 cm³/mol. The van der Waals surface area contributed by atoms with Crippen LogP contribution in [0.1, 0.15) is 16.8 Å². The number of aromatic amines is 1. The Hall–Kier alpha value is -3.13. The number of hydrogen-bond acceptors (Lipinski definition) is 6. The van der Waals surface area contributed by atoms with Gasteiger partial charge in [-0.05, 0) is 12.1 Å². The van der Waals surface area contributed by atoms with Crippen molar-refractivity contribution in [2.24, 2.45) is 0 Å². The van der Waals surface area contributed by atoms with E-state index in [-0.39, 0.29) is 23.4 Å². The van der Waals surface area contributed by atoms with Gasteiger partial charge in [0.1, 0.15) is 11.9 Å². The molecule has 4 rings (SSSR count). The molecule has 3 heterocycles. The number of anilines is 1. The van der Waals surface area contributed by atoms with Crippen molar-refractivity contribution in [1.29, 1.82) is 0 Å². The summed E-state index contributed by atoms with van der Waals surface area (Å²) in [5.74, 6) is -0.480. The molecule has 0 radical (unpaired) electrons. The number of hydrogen-bond donors (Lipinski definition) is 3. The van der Waals surface area contributed by atoms with Gasteiger partial charge in [0.2, 0.25) is 5.88 Å². The van der Waals surface area contributed by atoms with E-state index in [1.165, 1.54) is 0 Å². The number of carboxylic acid groups (broad SMARTS) is 1. The van der Waals surface area contributed by atoms with Gasteiger partial charge < -0.3 is 24.9 Å². The lowest BCUT2D eigenvalue weighted by Crippen LogP contribution is -2.20. The summed E-state index contributed by atoms with van der Waals surface area (Å²) in [7, 11) is 1.62. The van der Waals surface area contributed by atoms with E-state index in [0.717, 1.165) is 16.5 Å². The smallest absolute Gasteiger partial charge is 0.345 e. The maximum absolute atomic E-state index is 11.8. The maximum atomic E-state index is 11.8. The van der Waals surface area contributed by atoms with Crippen LogP contribution >= 0.6 is 0 Å². The summed E-state index contributed by atoms with van der Waals surface area (Å²) < 4.78 is 11.2. The van der Waals surface area contributed by atoms with Crippen LogP contribution in [0, 0.1) is 0 Å². The van der Waals surface area contributed by atoms with Crippen LogP contribution in [0.4, 0.5) is 5.82 Å². The monoisotopic (exact) mass is 354 g/mol. The Morgan fingerprint density at radius 1 is 1.38 bits per heavy atom. The summed E-state index contributed by atoms with van der Waals surface area (Å²) in [6, 6.07) is 7.68. The SMILES string of the molecule is CNc1nc(-c2cccc3[nH]ccc23)nc(O[C@H]2CCOC2)c1C(=O)O. The molecule has 0 aliphatic carbocycles. The number of nitrogens with zero attached hydrogens (tertiary/aromatic N) is 2. The van der Waals surface area contributed by atoms with E-state index in [9.17, 15) is 9.90 Å². The molecule has 134 valence electrons. The summed E-state index contributed by atoms with van der Waals surface area (Å²) in [4.78, 5) is 23.8. The summed E-state index contributed by atoms with van der Waals surface area (Å²) in [6.45, 7) is 1.01. The zero-order valence-corrected chi connectivity index (χ0v) is 14.2. The lowest BCUT2D eigenvalue weighted by molar-refractivity contribution is 0.0686. The molecule has 0 amide bonds. The van der Waals surface area contributed by atoms with E-state index >= 15 is 0 Å². The largest absolute Gasteiger partial charge is 0.477 e. The average molecular weight is 354 g/mol. The van der Waals surface area contributed by atoms with Crippen molar-refractivity contribution in [2.75, 3.05) is 25.6 Å². The van der Waals surface area contributed by atoms with Crippen molar-refractivity contribution in [2.45, 2.75) is 12.5 Å². The van der Waals surface area contributed by atoms with Crippen molar-refractivity contribution in [3.8, 4) is 17.3 Å². The molecule has 2 aromatic heterocycles. The first kappa shape index (κ1) is 16.3. The van der Waals surface area contributed by atoms with Gasteiger partial charge in [-0.3, -0.25) is 0 Å². The van der Waals surface area contributed by atoms with Crippen LogP contribution in [-0.2, 0) is 4.74 Å². The average Bonchev–Trinajstić information content (AvgIpc) is 3.31. The Kier molecular flexibility index (Phi) is 4.18. The molecule has 3 N–H and O–H groups in total. The van der Waals surface area contributed by atoms with Gasteiger partial charge in [0.25, 0.3) is 0 Å². The third-order valence-electron chi connectivity index (χ3n) is 4.33. The number of benzene rings is 1. The van der Waals surface area contributed by atoms with E-state index in [1.54, 1.807) is 7.05 Å². The second-order valence-electron chi connectivity index (χ2n) is 5.98. The zero-order valence-electron chi connectivity index (χ0n) is 14.2. The van der Waals surface area contributed by atoms with Crippen molar-refractivity contribution in [1.82, 2.24) is 15.0 Å². The fourth-order valence-electron chi connectivity index (χ4n) is 3.06. The van der Waals surface area contributed by atoms with E-state index in [1.807, 2.05) is 30.5 Å². The van der Waals surface area contributed by atoms with Gasteiger partial charge in [-0.25, -0.2) is 9.78 Å². The first-order valence-corrected chi connectivity index (χ1v) is 8.31. The van der Waals surface area contributed by atoms with Gasteiger partial charge in [-0.2, -0.15) is 4.98 Å². The molecule has 1 aliphatic heterocycles. The van der Waals surface area contributed by atoms with Crippen LogP contribution in [-0.4, -0.2) is 52.4 Å². The Bertz CT molecular complexity index is 963.